The summed E-state index contributed by atoms with van der Waals surface area (Å²) >= 11 is 0. The molecule has 0 aromatic heterocycles. The molecular weight excluding hydrogens is 226 g/mol. The van der Waals surface area contributed by atoms with Gasteiger partial charge < -0.3 is 10.4 Å². The Morgan fingerprint density at radius 3 is 2.50 bits per heavy atom. The summed E-state index contributed by atoms with van der Waals surface area (Å²) in [5.41, 5.74) is 2.33. The fourth-order valence-corrected chi connectivity index (χ4v) is 2.10. The highest BCUT2D eigenvalue weighted by atomic mass is 35.5. The zero-order chi connectivity index (χ0) is 10.8. The molecular formula is C12H16ClNO2. The first-order valence-electron chi connectivity index (χ1n) is 5.18. The first-order valence-corrected chi connectivity index (χ1v) is 5.18. The smallest absolute Gasteiger partial charge is 0.308 e. The normalized spacial score (nSPS) is 23.8. The Hall–Kier alpha value is -1.06. The molecule has 2 N–H and O–H groups in total. The topological polar surface area (TPSA) is 49.3 Å². The van der Waals surface area contributed by atoms with Crippen molar-refractivity contribution in [2.75, 3.05) is 13.1 Å². The molecule has 2 rings (SSSR count). The molecule has 3 nitrogen and oxygen atoms in total. The maximum atomic E-state index is 11.0. The van der Waals surface area contributed by atoms with Crippen molar-refractivity contribution in [2.24, 2.45) is 5.92 Å². The van der Waals surface area contributed by atoms with Crippen LogP contribution in [0.15, 0.2) is 24.3 Å². The van der Waals surface area contributed by atoms with Crippen molar-refractivity contribution in [3.8, 4) is 0 Å². The van der Waals surface area contributed by atoms with E-state index in [0.717, 1.165) is 12.1 Å². The second kappa shape index (κ2) is 5.32. The standard InChI is InChI=1S/C12H15NO2.ClH/c1-8-2-4-9(5-3-8)10-6-13-7-11(10)12(14)15;/h2-5,10-11,13H,6-7H2,1H3,(H,14,15);1H/t10-,11+;/m0./s1. The molecule has 1 heterocycles. The van der Waals surface area contributed by atoms with E-state index >= 15 is 0 Å². The van der Waals surface area contributed by atoms with Crippen molar-refractivity contribution in [3.05, 3.63) is 35.4 Å². The second-order valence-electron chi connectivity index (χ2n) is 4.12. The molecule has 1 aromatic rings. The largest absolute Gasteiger partial charge is 0.481 e. The summed E-state index contributed by atoms with van der Waals surface area (Å²) < 4.78 is 0. The molecule has 0 saturated carbocycles. The van der Waals surface area contributed by atoms with E-state index in [0.29, 0.717) is 6.54 Å². The lowest BCUT2D eigenvalue weighted by Crippen LogP contribution is -2.20. The van der Waals surface area contributed by atoms with Crippen LogP contribution in [0.1, 0.15) is 17.0 Å². The zero-order valence-corrected chi connectivity index (χ0v) is 9.96. The van der Waals surface area contributed by atoms with E-state index in [4.69, 9.17) is 5.11 Å². The molecule has 0 spiro atoms. The van der Waals surface area contributed by atoms with Gasteiger partial charge in [0.15, 0.2) is 0 Å². The Bertz CT molecular complexity index is 364. The second-order valence-corrected chi connectivity index (χ2v) is 4.12. The molecule has 2 atom stereocenters. The first-order chi connectivity index (χ1) is 7.18. The molecule has 0 radical (unpaired) electrons. The average molecular weight is 242 g/mol. The van der Waals surface area contributed by atoms with Gasteiger partial charge in [-0.3, -0.25) is 4.79 Å². The van der Waals surface area contributed by atoms with Crippen LogP contribution in [0.5, 0.6) is 0 Å². The van der Waals surface area contributed by atoms with Crippen LogP contribution in [-0.4, -0.2) is 24.2 Å². The lowest BCUT2D eigenvalue weighted by Gasteiger charge is -2.14. The van der Waals surface area contributed by atoms with Crippen LogP contribution in [0.25, 0.3) is 0 Å². The van der Waals surface area contributed by atoms with Crippen molar-refractivity contribution >= 4 is 18.4 Å². The number of aryl methyl sites for hydroxylation is 1. The Labute approximate surface area is 101 Å². The Balaban J connectivity index is 0.00000128. The molecule has 0 unspecified atom stereocenters. The summed E-state index contributed by atoms with van der Waals surface area (Å²) in [6.45, 7) is 3.37. The third-order valence-electron chi connectivity index (χ3n) is 3.04. The maximum absolute atomic E-state index is 11.0. The van der Waals surface area contributed by atoms with E-state index in [2.05, 4.69) is 5.32 Å². The van der Waals surface area contributed by atoms with Crippen LogP contribution < -0.4 is 5.32 Å². The summed E-state index contributed by atoms with van der Waals surface area (Å²) in [5, 5.41) is 12.2. The van der Waals surface area contributed by atoms with E-state index in [9.17, 15) is 4.79 Å². The third-order valence-corrected chi connectivity index (χ3v) is 3.04. The molecule has 88 valence electrons. The highest BCUT2D eigenvalue weighted by Gasteiger charge is 2.33. The average Bonchev–Trinajstić information content (AvgIpc) is 2.67. The molecule has 1 fully saturated rings. The molecule has 1 saturated heterocycles. The van der Waals surface area contributed by atoms with Gasteiger partial charge in [-0.2, -0.15) is 0 Å². The summed E-state index contributed by atoms with van der Waals surface area (Å²) in [5.74, 6) is -0.874. The van der Waals surface area contributed by atoms with Crippen molar-refractivity contribution in [2.45, 2.75) is 12.8 Å². The van der Waals surface area contributed by atoms with E-state index in [1.807, 2.05) is 31.2 Å². The van der Waals surface area contributed by atoms with Gasteiger partial charge in [0.1, 0.15) is 0 Å². The molecule has 0 aliphatic carbocycles. The van der Waals surface area contributed by atoms with Gasteiger partial charge in [-0.15, -0.1) is 12.4 Å². The fourth-order valence-electron chi connectivity index (χ4n) is 2.10. The Morgan fingerprint density at radius 2 is 1.94 bits per heavy atom. The van der Waals surface area contributed by atoms with Crippen LogP contribution >= 0.6 is 12.4 Å². The SMILES string of the molecule is Cc1ccc([C@@H]2CNC[C@H]2C(=O)O)cc1.Cl. The van der Waals surface area contributed by atoms with Crippen molar-refractivity contribution < 1.29 is 9.90 Å². The lowest BCUT2D eigenvalue weighted by atomic mass is 9.89. The van der Waals surface area contributed by atoms with Crippen molar-refractivity contribution in [1.29, 1.82) is 0 Å². The summed E-state index contributed by atoms with van der Waals surface area (Å²) in [7, 11) is 0. The zero-order valence-electron chi connectivity index (χ0n) is 9.14. The predicted octanol–water partition coefficient (Wildman–Crippen LogP) is 1.80. The number of hydrogen-bond acceptors (Lipinski definition) is 2. The number of aliphatic carboxylic acids is 1. The van der Waals surface area contributed by atoms with E-state index in [-0.39, 0.29) is 24.2 Å². The minimum absolute atomic E-state index is 0. The Morgan fingerprint density at radius 1 is 1.31 bits per heavy atom. The summed E-state index contributed by atoms with van der Waals surface area (Å²) in [6.07, 6.45) is 0. The number of benzene rings is 1. The molecule has 0 amide bonds. The van der Waals surface area contributed by atoms with Crippen LogP contribution in [0.3, 0.4) is 0 Å². The predicted molar refractivity (Wildman–Crippen MR) is 65.2 cm³/mol. The number of rotatable bonds is 2. The number of nitrogens with one attached hydrogen (secondary N) is 1. The van der Waals surface area contributed by atoms with Gasteiger partial charge in [-0.05, 0) is 12.5 Å². The third kappa shape index (κ3) is 2.54. The molecule has 1 aliphatic heterocycles. The highest BCUT2D eigenvalue weighted by molar-refractivity contribution is 5.85. The summed E-state index contributed by atoms with van der Waals surface area (Å²) in [6, 6.07) is 8.13. The molecule has 16 heavy (non-hydrogen) atoms. The number of halogens is 1. The highest BCUT2D eigenvalue weighted by Crippen LogP contribution is 2.28. The first kappa shape index (κ1) is 13.0. The van der Waals surface area contributed by atoms with Gasteiger partial charge in [0.25, 0.3) is 0 Å². The molecule has 1 aliphatic rings. The van der Waals surface area contributed by atoms with Crippen LogP contribution in [-0.2, 0) is 4.79 Å². The number of carbonyl (C=O) groups is 1. The van der Waals surface area contributed by atoms with E-state index in [1.165, 1.54) is 5.56 Å². The number of carboxylic acids is 1. The number of hydrogen-bond donors (Lipinski definition) is 2. The van der Waals surface area contributed by atoms with Crippen molar-refractivity contribution in [1.82, 2.24) is 5.32 Å². The fraction of sp³-hybridized carbons (Fsp3) is 0.417. The van der Waals surface area contributed by atoms with E-state index < -0.39 is 5.97 Å². The minimum Gasteiger partial charge on any atom is -0.481 e. The van der Waals surface area contributed by atoms with Gasteiger partial charge in [0, 0.05) is 19.0 Å². The van der Waals surface area contributed by atoms with E-state index in [1.54, 1.807) is 0 Å². The quantitative estimate of drug-likeness (QED) is 0.830. The van der Waals surface area contributed by atoms with Gasteiger partial charge in [0.2, 0.25) is 0 Å². The number of carboxylic acid groups (broad SMARTS) is 1. The van der Waals surface area contributed by atoms with Crippen molar-refractivity contribution in [3.63, 3.8) is 0 Å². The van der Waals surface area contributed by atoms with Gasteiger partial charge in [0.05, 0.1) is 5.92 Å². The monoisotopic (exact) mass is 241 g/mol. The van der Waals surface area contributed by atoms with Crippen LogP contribution in [0, 0.1) is 12.8 Å². The molecule has 4 heteroatoms. The minimum atomic E-state index is -0.703. The van der Waals surface area contributed by atoms with Gasteiger partial charge in [-0.25, -0.2) is 0 Å². The van der Waals surface area contributed by atoms with Crippen LogP contribution in [0.4, 0.5) is 0 Å². The summed E-state index contributed by atoms with van der Waals surface area (Å²) in [4.78, 5) is 11.0. The molecule has 0 bridgehead atoms. The molecule has 1 aromatic carbocycles. The van der Waals surface area contributed by atoms with Gasteiger partial charge >= 0.3 is 5.97 Å². The lowest BCUT2D eigenvalue weighted by molar-refractivity contribution is -0.141. The maximum Gasteiger partial charge on any atom is 0.308 e. The van der Waals surface area contributed by atoms with Crippen LogP contribution in [0.2, 0.25) is 0 Å². The Kier molecular flexibility index (Phi) is 4.33. The van der Waals surface area contributed by atoms with Gasteiger partial charge in [-0.1, -0.05) is 29.8 Å².